The lowest BCUT2D eigenvalue weighted by atomic mass is 10.2. The number of para-hydroxylation sites is 2. The third kappa shape index (κ3) is 4.41. The van der Waals surface area contributed by atoms with Gasteiger partial charge in [-0.2, -0.15) is 0 Å². The average molecular weight is 338 g/mol. The number of rotatable bonds is 7. The molecule has 0 heterocycles. The molecular formula is C17H17F3N2O2. The van der Waals surface area contributed by atoms with E-state index >= 15 is 0 Å². The number of hydrogen-bond acceptors (Lipinski definition) is 3. The Hall–Kier alpha value is -2.70. The van der Waals surface area contributed by atoms with Crippen LogP contribution >= 0.6 is 0 Å². The molecule has 0 aliphatic rings. The van der Waals surface area contributed by atoms with Crippen LogP contribution in [0, 0.1) is 17.5 Å². The zero-order chi connectivity index (χ0) is 17.5. The quantitative estimate of drug-likeness (QED) is 0.752. The minimum atomic E-state index is -1.55. The predicted molar refractivity (Wildman–Crippen MR) is 85.7 cm³/mol. The van der Waals surface area contributed by atoms with Crippen molar-refractivity contribution in [3.8, 4) is 5.75 Å². The first kappa shape index (κ1) is 17.7. The summed E-state index contributed by atoms with van der Waals surface area (Å²) >= 11 is 0. The molecule has 0 fully saturated rings. The Bertz CT molecular complexity index is 723. The molecule has 0 radical (unpaired) electrons. The molecule has 2 N–H and O–H groups in total. The minimum Gasteiger partial charge on any atom is -0.492 e. The highest BCUT2D eigenvalue weighted by Crippen LogP contribution is 2.24. The fourth-order valence-electron chi connectivity index (χ4n) is 2.04. The van der Waals surface area contributed by atoms with Gasteiger partial charge in [0.1, 0.15) is 5.75 Å². The van der Waals surface area contributed by atoms with Crippen molar-refractivity contribution in [2.75, 3.05) is 23.8 Å². The van der Waals surface area contributed by atoms with Crippen LogP contribution in [0.1, 0.15) is 13.3 Å². The van der Waals surface area contributed by atoms with Gasteiger partial charge in [-0.05, 0) is 31.2 Å². The number of anilines is 2. The van der Waals surface area contributed by atoms with Gasteiger partial charge in [-0.15, -0.1) is 0 Å². The van der Waals surface area contributed by atoms with E-state index in [1.807, 2.05) is 6.92 Å². The van der Waals surface area contributed by atoms with Gasteiger partial charge in [0.05, 0.1) is 18.0 Å². The van der Waals surface area contributed by atoms with Gasteiger partial charge in [0.15, 0.2) is 17.5 Å². The number of carbonyl (C=O) groups excluding carboxylic acids is 1. The van der Waals surface area contributed by atoms with Crippen molar-refractivity contribution in [1.29, 1.82) is 0 Å². The molecule has 0 aliphatic heterocycles. The molecule has 0 spiro atoms. The summed E-state index contributed by atoms with van der Waals surface area (Å²) in [6.07, 6.45) is 0.0128. The second kappa shape index (κ2) is 8.24. The summed E-state index contributed by atoms with van der Waals surface area (Å²) < 4.78 is 44.8. The summed E-state index contributed by atoms with van der Waals surface area (Å²) in [6, 6.07) is 8.87. The van der Waals surface area contributed by atoms with Crippen LogP contribution < -0.4 is 15.4 Å². The number of amides is 1. The molecule has 0 saturated carbocycles. The molecule has 0 aromatic heterocycles. The van der Waals surface area contributed by atoms with E-state index < -0.39 is 17.5 Å². The van der Waals surface area contributed by atoms with Crippen molar-refractivity contribution in [2.45, 2.75) is 13.3 Å². The van der Waals surface area contributed by atoms with Crippen LogP contribution in [-0.2, 0) is 4.79 Å². The fourth-order valence-corrected chi connectivity index (χ4v) is 2.04. The van der Waals surface area contributed by atoms with Crippen molar-refractivity contribution >= 4 is 17.3 Å². The van der Waals surface area contributed by atoms with Crippen molar-refractivity contribution in [2.24, 2.45) is 0 Å². The highest BCUT2D eigenvalue weighted by atomic mass is 19.2. The van der Waals surface area contributed by atoms with E-state index in [2.05, 4.69) is 10.6 Å². The van der Waals surface area contributed by atoms with E-state index in [0.717, 1.165) is 12.1 Å². The number of carbonyl (C=O) groups is 1. The van der Waals surface area contributed by atoms with Crippen molar-refractivity contribution in [3.05, 3.63) is 53.8 Å². The molecule has 128 valence electrons. The van der Waals surface area contributed by atoms with Gasteiger partial charge in [-0.25, -0.2) is 13.2 Å². The lowest BCUT2D eigenvalue weighted by Crippen LogP contribution is -2.17. The van der Waals surface area contributed by atoms with Gasteiger partial charge in [0, 0.05) is 13.0 Å². The molecule has 0 atom stereocenters. The molecule has 7 heteroatoms. The molecule has 4 nitrogen and oxygen atoms in total. The van der Waals surface area contributed by atoms with Crippen LogP contribution in [0.15, 0.2) is 36.4 Å². The first-order valence-electron chi connectivity index (χ1n) is 7.42. The van der Waals surface area contributed by atoms with Gasteiger partial charge >= 0.3 is 0 Å². The third-order valence-corrected chi connectivity index (χ3v) is 3.16. The zero-order valence-corrected chi connectivity index (χ0v) is 13.0. The Morgan fingerprint density at radius 3 is 2.54 bits per heavy atom. The summed E-state index contributed by atoms with van der Waals surface area (Å²) in [4.78, 5) is 11.9. The Kier molecular flexibility index (Phi) is 6.06. The Balaban J connectivity index is 1.89. The van der Waals surface area contributed by atoms with Crippen LogP contribution in [0.4, 0.5) is 24.5 Å². The highest BCUT2D eigenvalue weighted by molar-refractivity contribution is 5.92. The first-order chi connectivity index (χ1) is 11.5. The molecule has 0 unspecified atom stereocenters. The Morgan fingerprint density at radius 1 is 1.04 bits per heavy atom. The van der Waals surface area contributed by atoms with E-state index in [-0.39, 0.29) is 24.6 Å². The van der Waals surface area contributed by atoms with Gasteiger partial charge in [-0.1, -0.05) is 12.1 Å². The van der Waals surface area contributed by atoms with Gasteiger partial charge < -0.3 is 15.4 Å². The molecule has 0 saturated heterocycles. The molecule has 2 aromatic rings. The number of hydrogen-bond donors (Lipinski definition) is 2. The highest BCUT2D eigenvalue weighted by Gasteiger charge is 2.13. The molecule has 0 bridgehead atoms. The normalized spacial score (nSPS) is 10.3. The lowest BCUT2D eigenvalue weighted by Gasteiger charge is -2.12. The van der Waals surface area contributed by atoms with E-state index in [1.165, 1.54) is 0 Å². The van der Waals surface area contributed by atoms with E-state index in [4.69, 9.17) is 4.74 Å². The minimum absolute atomic E-state index is 0.0128. The van der Waals surface area contributed by atoms with Crippen LogP contribution in [0.2, 0.25) is 0 Å². The van der Waals surface area contributed by atoms with Gasteiger partial charge in [-0.3, -0.25) is 4.79 Å². The second-order valence-corrected chi connectivity index (χ2v) is 4.88. The first-order valence-corrected chi connectivity index (χ1v) is 7.42. The third-order valence-electron chi connectivity index (χ3n) is 3.16. The summed E-state index contributed by atoms with van der Waals surface area (Å²) in [6.45, 7) is 2.35. The fraction of sp³-hybridized carbons (Fsp3) is 0.235. The van der Waals surface area contributed by atoms with E-state index in [1.54, 1.807) is 24.3 Å². The molecule has 0 aliphatic carbocycles. The predicted octanol–water partition coefficient (Wildman–Crippen LogP) is 3.94. The standard InChI is InChI=1S/C17H17F3N2O2/c1-2-24-14-6-4-3-5-12(14)22-15(23)9-10-21-13-8-7-11(18)16(19)17(13)20/h3-8,21H,2,9-10H2,1H3,(H,22,23). The van der Waals surface area contributed by atoms with Crippen LogP contribution in [0.25, 0.3) is 0 Å². The topological polar surface area (TPSA) is 50.4 Å². The number of benzene rings is 2. The smallest absolute Gasteiger partial charge is 0.226 e. The average Bonchev–Trinajstić information content (AvgIpc) is 2.57. The summed E-state index contributed by atoms with van der Waals surface area (Å²) in [5, 5.41) is 5.25. The largest absolute Gasteiger partial charge is 0.492 e. The Labute approximate surface area is 137 Å². The molecular weight excluding hydrogens is 321 g/mol. The molecule has 2 aromatic carbocycles. The van der Waals surface area contributed by atoms with Crippen molar-refractivity contribution < 1.29 is 22.7 Å². The monoisotopic (exact) mass is 338 g/mol. The van der Waals surface area contributed by atoms with Crippen molar-refractivity contribution in [1.82, 2.24) is 0 Å². The zero-order valence-electron chi connectivity index (χ0n) is 13.0. The lowest BCUT2D eigenvalue weighted by molar-refractivity contribution is -0.116. The summed E-state index contributed by atoms with van der Waals surface area (Å²) in [5.74, 6) is -3.89. The second-order valence-electron chi connectivity index (χ2n) is 4.88. The van der Waals surface area contributed by atoms with Gasteiger partial charge in [0.25, 0.3) is 0 Å². The maximum atomic E-state index is 13.5. The summed E-state index contributed by atoms with van der Waals surface area (Å²) in [7, 11) is 0. The van der Waals surface area contributed by atoms with Crippen molar-refractivity contribution in [3.63, 3.8) is 0 Å². The number of nitrogens with one attached hydrogen (secondary N) is 2. The van der Waals surface area contributed by atoms with Crippen LogP contribution in [0.5, 0.6) is 5.75 Å². The maximum Gasteiger partial charge on any atom is 0.226 e. The van der Waals surface area contributed by atoms with Crippen LogP contribution in [0.3, 0.4) is 0 Å². The molecule has 1 amide bonds. The Morgan fingerprint density at radius 2 is 1.79 bits per heavy atom. The van der Waals surface area contributed by atoms with E-state index in [9.17, 15) is 18.0 Å². The molecule has 2 rings (SSSR count). The summed E-state index contributed by atoms with van der Waals surface area (Å²) in [5.41, 5.74) is 0.333. The van der Waals surface area contributed by atoms with Crippen LogP contribution in [-0.4, -0.2) is 19.1 Å². The number of ether oxygens (including phenoxy) is 1. The maximum absolute atomic E-state index is 13.5. The van der Waals surface area contributed by atoms with E-state index in [0.29, 0.717) is 18.0 Å². The SMILES string of the molecule is CCOc1ccccc1NC(=O)CCNc1ccc(F)c(F)c1F. The number of halogens is 3. The van der Waals surface area contributed by atoms with Gasteiger partial charge in [0.2, 0.25) is 5.91 Å². The molecule has 24 heavy (non-hydrogen) atoms.